The van der Waals surface area contributed by atoms with Crippen LogP contribution in [-0.4, -0.2) is 47.8 Å². The summed E-state index contributed by atoms with van der Waals surface area (Å²) in [5.74, 6) is 0.898. The normalized spacial score (nSPS) is 17.5. The van der Waals surface area contributed by atoms with Crippen LogP contribution in [-0.2, 0) is 9.59 Å². The van der Waals surface area contributed by atoms with Crippen LogP contribution < -0.4 is 0 Å². The minimum atomic E-state index is -0.350. The summed E-state index contributed by atoms with van der Waals surface area (Å²) >= 11 is 0. The van der Waals surface area contributed by atoms with Gasteiger partial charge in [0.15, 0.2) is 0 Å². The fourth-order valence-electron chi connectivity index (χ4n) is 3.24. The van der Waals surface area contributed by atoms with Gasteiger partial charge in [0.2, 0.25) is 11.8 Å². The average molecular weight is 368 g/mol. The molecule has 0 unspecified atom stereocenters. The summed E-state index contributed by atoms with van der Waals surface area (Å²) in [4.78, 5) is 28.0. The Balaban J connectivity index is 1.34. The standard InChI is InChI=1S/C21H21FN2O3/c22-18-4-2-1-3-17(18)19-9-7-16(27-19)8-10-20(25)23-11-13-24(14-12-23)21(26)15-5-6-15/h1-4,7-10,15H,5-6,11-14H2. The molecule has 2 amide bonds. The lowest BCUT2D eigenvalue weighted by molar-refractivity contribution is -0.138. The lowest BCUT2D eigenvalue weighted by Gasteiger charge is -2.34. The van der Waals surface area contributed by atoms with Gasteiger partial charge in [0.1, 0.15) is 17.3 Å². The molecule has 6 heteroatoms. The maximum atomic E-state index is 13.8. The van der Waals surface area contributed by atoms with Crippen molar-refractivity contribution in [2.45, 2.75) is 12.8 Å². The summed E-state index contributed by atoms with van der Waals surface area (Å²) in [7, 11) is 0. The van der Waals surface area contributed by atoms with Gasteiger partial charge in [-0.25, -0.2) is 4.39 Å². The summed E-state index contributed by atoms with van der Waals surface area (Å²) < 4.78 is 19.4. The third kappa shape index (κ3) is 3.94. The maximum absolute atomic E-state index is 13.8. The van der Waals surface area contributed by atoms with E-state index in [1.54, 1.807) is 41.3 Å². The third-order valence-electron chi connectivity index (χ3n) is 4.99. The quantitative estimate of drug-likeness (QED) is 0.779. The molecule has 1 aromatic heterocycles. The van der Waals surface area contributed by atoms with E-state index in [0.29, 0.717) is 43.3 Å². The topological polar surface area (TPSA) is 53.8 Å². The fraction of sp³-hybridized carbons (Fsp3) is 0.333. The first-order valence-corrected chi connectivity index (χ1v) is 9.22. The Bertz CT molecular complexity index is 877. The van der Waals surface area contributed by atoms with Crippen LogP contribution in [0.5, 0.6) is 0 Å². The summed E-state index contributed by atoms with van der Waals surface area (Å²) in [5, 5.41) is 0. The minimum absolute atomic E-state index is 0.114. The van der Waals surface area contributed by atoms with E-state index < -0.39 is 0 Å². The summed E-state index contributed by atoms with van der Waals surface area (Å²) in [6.45, 7) is 2.26. The van der Waals surface area contributed by atoms with Crippen molar-refractivity contribution < 1.29 is 18.4 Å². The number of nitrogens with zero attached hydrogens (tertiary/aromatic N) is 2. The third-order valence-corrected chi connectivity index (χ3v) is 4.99. The molecule has 2 heterocycles. The van der Waals surface area contributed by atoms with Crippen molar-refractivity contribution in [3.8, 4) is 11.3 Å². The Morgan fingerprint density at radius 3 is 2.41 bits per heavy atom. The van der Waals surface area contributed by atoms with Crippen LogP contribution in [0.2, 0.25) is 0 Å². The van der Waals surface area contributed by atoms with Gasteiger partial charge in [-0.1, -0.05) is 12.1 Å². The van der Waals surface area contributed by atoms with Crippen LogP contribution in [0.4, 0.5) is 4.39 Å². The molecule has 0 N–H and O–H groups in total. The number of amides is 2. The lowest BCUT2D eigenvalue weighted by atomic mass is 10.1. The van der Waals surface area contributed by atoms with Gasteiger partial charge in [-0.15, -0.1) is 0 Å². The van der Waals surface area contributed by atoms with Gasteiger partial charge < -0.3 is 14.2 Å². The smallest absolute Gasteiger partial charge is 0.246 e. The van der Waals surface area contributed by atoms with Crippen molar-refractivity contribution in [1.82, 2.24) is 9.80 Å². The van der Waals surface area contributed by atoms with Crippen molar-refractivity contribution in [2.75, 3.05) is 26.2 Å². The molecule has 5 nitrogen and oxygen atoms in total. The summed E-state index contributed by atoms with van der Waals surface area (Å²) in [6.07, 6.45) is 5.05. The number of carbonyl (C=O) groups excluding carboxylic acids is 2. The predicted molar refractivity (Wildman–Crippen MR) is 99.0 cm³/mol. The average Bonchev–Trinajstić information content (AvgIpc) is 3.44. The second-order valence-corrected chi connectivity index (χ2v) is 6.94. The molecule has 4 rings (SSSR count). The maximum Gasteiger partial charge on any atom is 0.246 e. The van der Waals surface area contributed by atoms with Gasteiger partial charge in [-0.2, -0.15) is 0 Å². The van der Waals surface area contributed by atoms with Crippen LogP contribution in [0.1, 0.15) is 18.6 Å². The number of rotatable bonds is 4. The van der Waals surface area contributed by atoms with Crippen molar-refractivity contribution in [3.05, 3.63) is 54.1 Å². The molecule has 27 heavy (non-hydrogen) atoms. The highest BCUT2D eigenvalue weighted by atomic mass is 19.1. The van der Waals surface area contributed by atoms with E-state index in [4.69, 9.17) is 4.42 Å². The molecule has 0 bridgehead atoms. The molecule has 1 saturated heterocycles. The molecular formula is C21H21FN2O3. The Kier molecular flexibility index (Phi) is 4.79. The number of benzene rings is 1. The fourth-order valence-corrected chi connectivity index (χ4v) is 3.24. The summed E-state index contributed by atoms with van der Waals surface area (Å²) in [5.41, 5.74) is 0.389. The van der Waals surface area contributed by atoms with Crippen molar-refractivity contribution >= 4 is 17.9 Å². The minimum Gasteiger partial charge on any atom is -0.457 e. The van der Waals surface area contributed by atoms with Gasteiger partial charge in [0.25, 0.3) is 0 Å². The predicted octanol–water partition coefficient (Wildman–Crippen LogP) is 3.18. The molecule has 2 fully saturated rings. The van der Waals surface area contributed by atoms with E-state index in [9.17, 15) is 14.0 Å². The highest BCUT2D eigenvalue weighted by Crippen LogP contribution is 2.31. The molecule has 2 aromatic rings. The van der Waals surface area contributed by atoms with Gasteiger partial charge in [-0.3, -0.25) is 9.59 Å². The zero-order valence-electron chi connectivity index (χ0n) is 14.9. The molecule has 1 aliphatic carbocycles. The first-order valence-electron chi connectivity index (χ1n) is 9.22. The van der Waals surface area contributed by atoms with E-state index in [1.807, 2.05) is 4.90 Å². The van der Waals surface area contributed by atoms with Crippen LogP contribution >= 0.6 is 0 Å². The number of piperazine rings is 1. The van der Waals surface area contributed by atoms with Crippen molar-refractivity contribution in [2.24, 2.45) is 5.92 Å². The molecule has 0 radical (unpaired) electrons. The summed E-state index contributed by atoms with van der Waals surface area (Å²) in [6, 6.07) is 9.79. The van der Waals surface area contributed by atoms with E-state index in [-0.39, 0.29) is 23.5 Å². The van der Waals surface area contributed by atoms with Crippen LogP contribution in [0.15, 0.2) is 46.9 Å². The Morgan fingerprint density at radius 1 is 1.00 bits per heavy atom. The number of halogens is 1. The number of hydrogen-bond acceptors (Lipinski definition) is 3. The van der Waals surface area contributed by atoms with Crippen LogP contribution in [0, 0.1) is 11.7 Å². The lowest BCUT2D eigenvalue weighted by Crippen LogP contribution is -2.50. The van der Waals surface area contributed by atoms with E-state index >= 15 is 0 Å². The SMILES string of the molecule is O=C(C=Cc1ccc(-c2ccccc2F)o1)N1CCN(C(=O)C2CC2)CC1. The molecule has 140 valence electrons. The van der Waals surface area contributed by atoms with Gasteiger partial charge in [0.05, 0.1) is 5.56 Å². The molecule has 1 aromatic carbocycles. The zero-order chi connectivity index (χ0) is 18.8. The second kappa shape index (κ2) is 7.39. The Labute approximate surface area is 157 Å². The number of hydrogen-bond donors (Lipinski definition) is 0. The van der Waals surface area contributed by atoms with Gasteiger partial charge in [0, 0.05) is 38.2 Å². The first-order chi connectivity index (χ1) is 13.1. The van der Waals surface area contributed by atoms with E-state index in [0.717, 1.165) is 12.8 Å². The van der Waals surface area contributed by atoms with Crippen molar-refractivity contribution in [3.63, 3.8) is 0 Å². The van der Waals surface area contributed by atoms with Crippen LogP contribution in [0.25, 0.3) is 17.4 Å². The molecule has 0 spiro atoms. The zero-order valence-corrected chi connectivity index (χ0v) is 14.9. The number of furan rings is 1. The monoisotopic (exact) mass is 368 g/mol. The molecule has 0 atom stereocenters. The first kappa shape index (κ1) is 17.5. The highest BCUT2D eigenvalue weighted by molar-refractivity contribution is 5.91. The molecular weight excluding hydrogens is 347 g/mol. The Morgan fingerprint density at radius 2 is 1.70 bits per heavy atom. The van der Waals surface area contributed by atoms with Crippen LogP contribution in [0.3, 0.4) is 0 Å². The largest absolute Gasteiger partial charge is 0.457 e. The second-order valence-electron chi connectivity index (χ2n) is 6.94. The molecule has 2 aliphatic rings. The molecule has 1 saturated carbocycles. The highest BCUT2D eigenvalue weighted by Gasteiger charge is 2.34. The van der Waals surface area contributed by atoms with Gasteiger partial charge >= 0.3 is 0 Å². The van der Waals surface area contributed by atoms with Crippen molar-refractivity contribution in [1.29, 1.82) is 0 Å². The van der Waals surface area contributed by atoms with E-state index in [1.165, 1.54) is 12.1 Å². The number of carbonyl (C=O) groups is 2. The molecule has 1 aliphatic heterocycles. The Hall–Kier alpha value is -2.89. The van der Waals surface area contributed by atoms with Gasteiger partial charge in [-0.05, 0) is 43.2 Å². The van der Waals surface area contributed by atoms with E-state index in [2.05, 4.69) is 0 Å².